The summed E-state index contributed by atoms with van der Waals surface area (Å²) >= 11 is 1.17. The van der Waals surface area contributed by atoms with Gasteiger partial charge in [0.2, 0.25) is 11.8 Å². The molecule has 4 rings (SSSR count). The van der Waals surface area contributed by atoms with E-state index in [1.54, 1.807) is 30.3 Å². The van der Waals surface area contributed by atoms with Crippen molar-refractivity contribution < 1.29 is 19.2 Å². The molecule has 2 fully saturated rings. The van der Waals surface area contributed by atoms with Gasteiger partial charge in [-0.3, -0.25) is 29.5 Å². The van der Waals surface area contributed by atoms with Crippen LogP contribution >= 0.6 is 11.8 Å². The number of carbonyl (C=O) groups is 2. The molecule has 0 radical (unpaired) electrons. The summed E-state index contributed by atoms with van der Waals surface area (Å²) < 4.78 is 5.38. The number of nitro benzene ring substituents is 1. The molecule has 34 heavy (non-hydrogen) atoms. The second kappa shape index (κ2) is 11.2. The quantitative estimate of drug-likeness (QED) is 0.453. The normalized spacial score (nSPS) is 20.0. The lowest BCUT2D eigenvalue weighted by molar-refractivity contribution is -0.384. The molecule has 2 aromatic carbocycles. The molecule has 2 aromatic rings. The molecule has 10 nitrogen and oxygen atoms in total. The third-order valence-electron chi connectivity index (χ3n) is 5.49. The molecule has 0 aromatic heterocycles. The van der Waals surface area contributed by atoms with Crippen molar-refractivity contribution in [1.29, 1.82) is 0 Å². The summed E-state index contributed by atoms with van der Waals surface area (Å²) in [5, 5.41) is 13.9. The van der Waals surface area contributed by atoms with Gasteiger partial charge in [0.25, 0.3) is 5.69 Å². The zero-order chi connectivity index (χ0) is 23.9. The van der Waals surface area contributed by atoms with Crippen molar-refractivity contribution in [3.8, 4) is 0 Å². The Bertz CT molecular complexity index is 1070. The van der Waals surface area contributed by atoms with E-state index in [2.05, 4.69) is 15.2 Å². The van der Waals surface area contributed by atoms with Crippen LogP contribution in [-0.4, -0.2) is 76.3 Å². The predicted octanol–water partition coefficient (Wildman–Crippen LogP) is 2.89. The number of hydrogen-bond acceptors (Lipinski definition) is 8. The number of nitrogens with one attached hydrogen (secondary N) is 1. The van der Waals surface area contributed by atoms with Gasteiger partial charge < -0.3 is 10.1 Å². The zero-order valence-corrected chi connectivity index (χ0v) is 19.3. The molecule has 178 valence electrons. The number of anilines is 1. The lowest BCUT2D eigenvalue weighted by Gasteiger charge is -2.28. The molecule has 2 aliphatic rings. The summed E-state index contributed by atoms with van der Waals surface area (Å²) in [6.45, 7) is 3.82. The number of thioether (sulfide) groups is 1. The third kappa shape index (κ3) is 5.99. The van der Waals surface area contributed by atoms with E-state index >= 15 is 0 Å². The number of nitrogens with zero attached hydrogens (tertiary/aromatic N) is 4. The van der Waals surface area contributed by atoms with Crippen LogP contribution in [0.4, 0.5) is 17.1 Å². The first-order chi connectivity index (χ1) is 16.5. The summed E-state index contributed by atoms with van der Waals surface area (Å²) in [4.78, 5) is 45.0. The van der Waals surface area contributed by atoms with Crippen LogP contribution in [0.15, 0.2) is 59.6 Å². The number of hydrogen-bond donors (Lipinski definition) is 1. The van der Waals surface area contributed by atoms with Crippen LogP contribution in [0.25, 0.3) is 0 Å². The first-order valence-corrected chi connectivity index (χ1v) is 11.8. The molecule has 0 spiro atoms. The Hall–Kier alpha value is -3.28. The number of rotatable bonds is 8. The van der Waals surface area contributed by atoms with Crippen molar-refractivity contribution >= 4 is 45.8 Å². The fraction of sp³-hybridized carbons (Fsp3) is 0.348. The summed E-state index contributed by atoms with van der Waals surface area (Å²) in [7, 11) is 0. The smallest absolute Gasteiger partial charge is 0.294 e. The Kier molecular flexibility index (Phi) is 7.88. The zero-order valence-electron chi connectivity index (χ0n) is 18.5. The Morgan fingerprint density at radius 3 is 2.56 bits per heavy atom. The van der Waals surface area contributed by atoms with Crippen molar-refractivity contribution in [1.82, 2.24) is 9.80 Å². The van der Waals surface area contributed by atoms with Gasteiger partial charge in [0.15, 0.2) is 5.17 Å². The van der Waals surface area contributed by atoms with Gasteiger partial charge in [-0.1, -0.05) is 42.1 Å². The molecule has 0 bridgehead atoms. The predicted molar refractivity (Wildman–Crippen MR) is 130 cm³/mol. The van der Waals surface area contributed by atoms with Crippen LogP contribution in [0.2, 0.25) is 0 Å². The number of benzene rings is 2. The number of ether oxygens (including phenoxy) is 1. The van der Waals surface area contributed by atoms with E-state index in [9.17, 15) is 19.7 Å². The van der Waals surface area contributed by atoms with Crippen LogP contribution in [0.3, 0.4) is 0 Å². The van der Waals surface area contributed by atoms with Gasteiger partial charge in [0.05, 0.1) is 18.1 Å². The number of amidine groups is 1. The van der Waals surface area contributed by atoms with E-state index in [4.69, 9.17) is 4.74 Å². The number of amides is 2. The number of nitro groups is 1. The molecule has 1 unspecified atom stereocenters. The molecule has 1 atom stereocenters. The van der Waals surface area contributed by atoms with Gasteiger partial charge in [0.1, 0.15) is 10.9 Å². The highest BCUT2D eigenvalue weighted by molar-refractivity contribution is 8.15. The van der Waals surface area contributed by atoms with Crippen LogP contribution < -0.4 is 5.32 Å². The molecule has 2 amide bonds. The number of morpholine rings is 1. The van der Waals surface area contributed by atoms with E-state index in [-0.39, 0.29) is 29.6 Å². The second-order valence-electron chi connectivity index (χ2n) is 7.81. The second-order valence-corrected chi connectivity index (χ2v) is 8.98. The molecule has 2 aliphatic heterocycles. The highest BCUT2D eigenvalue weighted by Crippen LogP contribution is 2.34. The van der Waals surface area contributed by atoms with E-state index in [0.29, 0.717) is 37.2 Å². The average molecular weight is 484 g/mol. The highest BCUT2D eigenvalue weighted by Gasteiger charge is 2.39. The van der Waals surface area contributed by atoms with Crippen molar-refractivity contribution in [2.45, 2.75) is 11.7 Å². The van der Waals surface area contributed by atoms with Crippen LogP contribution in [0, 0.1) is 10.1 Å². The third-order valence-corrected chi connectivity index (χ3v) is 6.66. The summed E-state index contributed by atoms with van der Waals surface area (Å²) in [6, 6.07) is 15.2. The van der Waals surface area contributed by atoms with E-state index < -0.39 is 10.2 Å². The standard InChI is InChI=1S/C23H25N5O5S/c29-21(24-17-6-2-1-3-7-17)16-20-22(30)27(11-10-26-12-14-33-15-13-26)23(34-20)25-18-8-4-5-9-19(18)28(31)32/h1-9,20H,10-16H2,(H,24,29). The fourth-order valence-electron chi connectivity index (χ4n) is 3.72. The van der Waals surface area contributed by atoms with E-state index in [1.807, 2.05) is 18.2 Å². The maximum Gasteiger partial charge on any atom is 0.294 e. The Balaban J connectivity index is 1.52. The molecule has 1 N–H and O–H groups in total. The summed E-state index contributed by atoms with van der Waals surface area (Å²) in [6.07, 6.45) is -0.0254. The average Bonchev–Trinajstić information content (AvgIpc) is 3.12. The summed E-state index contributed by atoms with van der Waals surface area (Å²) in [5.74, 6) is -0.504. The minimum Gasteiger partial charge on any atom is -0.379 e. The molecule has 0 saturated carbocycles. The van der Waals surface area contributed by atoms with Gasteiger partial charge in [0, 0.05) is 44.4 Å². The van der Waals surface area contributed by atoms with Crippen molar-refractivity contribution in [2.75, 3.05) is 44.7 Å². The SMILES string of the molecule is O=C(CC1SC(=Nc2ccccc2[N+](=O)[O-])N(CCN2CCOCC2)C1=O)Nc1ccccc1. The largest absolute Gasteiger partial charge is 0.379 e. The first-order valence-electron chi connectivity index (χ1n) is 11.0. The molecular weight excluding hydrogens is 458 g/mol. The minimum atomic E-state index is -0.657. The molecule has 2 heterocycles. The highest BCUT2D eigenvalue weighted by atomic mass is 32.2. The minimum absolute atomic E-state index is 0.0254. The number of carbonyl (C=O) groups excluding carboxylic acids is 2. The maximum atomic E-state index is 13.3. The topological polar surface area (TPSA) is 117 Å². The van der Waals surface area contributed by atoms with Gasteiger partial charge in [-0.25, -0.2) is 4.99 Å². The molecule has 2 saturated heterocycles. The van der Waals surface area contributed by atoms with Gasteiger partial charge in [-0.15, -0.1) is 0 Å². The monoisotopic (exact) mass is 483 g/mol. The van der Waals surface area contributed by atoms with Crippen molar-refractivity contribution in [3.05, 3.63) is 64.7 Å². The molecule has 11 heteroatoms. The maximum absolute atomic E-state index is 13.3. The Labute approximate surface area is 201 Å². The van der Waals surface area contributed by atoms with Gasteiger partial charge in [-0.2, -0.15) is 0 Å². The van der Waals surface area contributed by atoms with Crippen LogP contribution in [0.1, 0.15) is 6.42 Å². The molecular formula is C23H25N5O5S. The van der Waals surface area contributed by atoms with Crippen molar-refractivity contribution in [3.63, 3.8) is 0 Å². The summed E-state index contributed by atoms with van der Waals surface area (Å²) in [5.41, 5.74) is 0.691. The Morgan fingerprint density at radius 2 is 1.82 bits per heavy atom. The van der Waals surface area contributed by atoms with Crippen molar-refractivity contribution in [2.24, 2.45) is 4.99 Å². The molecule has 0 aliphatic carbocycles. The van der Waals surface area contributed by atoms with E-state index in [0.717, 1.165) is 13.1 Å². The van der Waals surface area contributed by atoms with Crippen LogP contribution in [0.5, 0.6) is 0 Å². The van der Waals surface area contributed by atoms with Gasteiger partial charge >= 0.3 is 0 Å². The lowest BCUT2D eigenvalue weighted by Crippen LogP contribution is -2.43. The number of para-hydroxylation sites is 3. The van der Waals surface area contributed by atoms with Gasteiger partial charge in [-0.05, 0) is 18.2 Å². The number of aliphatic imine (C=N–C) groups is 1. The first kappa shape index (κ1) is 23.9. The Morgan fingerprint density at radius 1 is 1.12 bits per heavy atom. The fourth-order valence-corrected chi connectivity index (χ4v) is 4.89. The van der Waals surface area contributed by atoms with E-state index in [1.165, 1.54) is 22.7 Å². The lowest BCUT2D eigenvalue weighted by atomic mass is 10.2. The van der Waals surface area contributed by atoms with Crippen LogP contribution in [-0.2, 0) is 14.3 Å².